The normalized spacial score (nSPS) is 14.6. The quantitative estimate of drug-likeness (QED) is 0.230. The molecule has 228 valence electrons. The summed E-state index contributed by atoms with van der Waals surface area (Å²) in [7, 11) is 0. The van der Waals surface area contributed by atoms with E-state index in [0.29, 0.717) is 28.9 Å². The van der Waals surface area contributed by atoms with E-state index in [1.165, 1.54) is 12.1 Å². The maximum absolute atomic E-state index is 13.4. The van der Waals surface area contributed by atoms with Crippen LogP contribution in [-0.2, 0) is 11.0 Å². The number of carbonyl (C=O) groups excluding carboxylic acids is 2. The number of anilines is 2. The molecule has 6 nitrogen and oxygen atoms in total. The van der Waals surface area contributed by atoms with Gasteiger partial charge in [0.15, 0.2) is 0 Å². The molecule has 4 aromatic carbocycles. The van der Waals surface area contributed by atoms with Crippen LogP contribution in [0.15, 0.2) is 97.1 Å². The molecular formula is C35H35F3N4O2. The van der Waals surface area contributed by atoms with E-state index in [-0.39, 0.29) is 17.9 Å². The minimum absolute atomic E-state index is 0.00220. The van der Waals surface area contributed by atoms with Crippen LogP contribution in [-0.4, -0.2) is 49.4 Å². The highest BCUT2D eigenvalue weighted by atomic mass is 19.4. The summed E-state index contributed by atoms with van der Waals surface area (Å²) < 4.78 is 39.2. The zero-order valence-electron chi connectivity index (χ0n) is 24.7. The summed E-state index contributed by atoms with van der Waals surface area (Å²) in [5.74, 6) is -0.334. The second kappa shape index (κ2) is 13.3. The van der Waals surface area contributed by atoms with Gasteiger partial charge < -0.3 is 15.5 Å². The molecule has 1 unspecified atom stereocenters. The number of rotatable bonds is 8. The highest BCUT2D eigenvalue weighted by Gasteiger charge is 2.31. The van der Waals surface area contributed by atoms with Gasteiger partial charge in [-0.25, -0.2) is 0 Å². The number of aryl methyl sites for hydroxylation is 1. The van der Waals surface area contributed by atoms with E-state index < -0.39 is 11.7 Å². The van der Waals surface area contributed by atoms with Crippen molar-refractivity contribution in [1.29, 1.82) is 0 Å². The van der Waals surface area contributed by atoms with Gasteiger partial charge in [0.05, 0.1) is 11.1 Å². The molecule has 1 heterocycles. The van der Waals surface area contributed by atoms with Crippen LogP contribution in [0.5, 0.6) is 0 Å². The molecule has 0 aliphatic carbocycles. The molecule has 2 amide bonds. The molecule has 0 radical (unpaired) electrons. The van der Waals surface area contributed by atoms with Crippen molar-refractivity contribution >= 4 is 23.2 Å². The Morgan fingerprint density at radius 1 is 0.818 bits per heavy atom. The van der Waals surface area contributed by atoms with Crippen LogP contribution in [0.25, 0.3) is 11.1 Å². The first kappa shape index (κ1) is 30.8. The molecule has 1 saturated heterocycles. The molecule has 0 bridgehead atoms. The number of hydrogen-bond donors (Lipinski definition) is 2. The van der Waals surface area contributed by atoms with Crippen molar-refractivity contribution < 1.29 is 22.8 Å². The molecule has 1 aliphatic rings. The minimum atomic E-state index is -4.43. The third-order valence-corrected chi connectivity index (χ3v) is 7.91. The first-order chi connectivity index (χ1) is 21.2. The van der Waals surface area contributed by atoms with Gasteiger partial charge in [0.25, 0.3) is 5.91 Å². The lowest BCUT2D eigenvalue weighted by molar-refractivity contribution is -0.137. The van der Waals surface area contributed by atoms with Gasteiger partial charge in [-0.3, -0.25) is 14.5 Å². The summed E-state index contributed by atoms with van der Waals surface area (Å²) in [6.07, 6.45) is -4.43. The van der Waals surface area contributed by atoms with Gasteiger partial charge in [-0.05, 0) is 72.5 Å². The summed E-state index contributed by atoms with van der Waals surface area (Å²) in [6.45, 7) is 7.22. The summed E-state index contributed by atoms with van der Waals surface area (Å²) in [5, 5.41) is 5.92. The van der Waals surface area contributed by atoms with Crippen molar-refractivity contribution in [1.82, 2.24) is 10.2 Å². The van der Waals surface area contributed by atoms with Crippen LogP contribution < -0.4 is 15.5 Å². The Hall–Kier alpha value is -4.63. The van der Waals surface area contributed by atoms with E-state index in [9.17, 15) is 22.8 Å². The van der Waals surface area contributed by atoms with Crippen molar-refractivity contribution in [3.63, 3.8) is 0 Å². The lowest BCUT2D eigenvalue weighted by Crippen LogP contribution is -2.51. The Kier molecular flexibility index (Phi) is 9.35. The summed E-state index contributed by atoms with van der Waals surface area (Å²) in [4.78, 5) is 30.8. The zero-order chi connectivity index (χ0) is 31.3. The average Bonchev–Trinajstić information content (AvgIpc) is 3.02. The van der Waals surface area contributed by atoms with Crippen LogP contribution >= 0.6 is 0 Å². The van der Waals surface area contributed by atoms with E-state index in [4.69, 9.17) is 0 Å². The first-order valence-electron chi connectivity index (χ1n) is 14.7. The van der Waals surface area contributed by atoms with E-state index in [2.05, 4.69) is 20.4 Å². The third kappa shape index (κ3) is 6.94. The monoisotopic (exact) mass is 600 g/mol. The molecule has 2 N–H and O–H groups in total. The average molecular weight is 601 g/mol. The number of likely N-dealkylation sites (N-methyl/N-ethyl adjacent to an activating group) is 1. The highest BCUT2D eigenvalue weighted by molar-refractivity contribution is 6.09. The Labute approximate surface area is 255 Å². The fraction of sp³-hybridized carbons (Fsp3) is 0.257. The molecule has 1 aliphatic heterocycles. The predicted octanol–water partition coefficient (Wildman–Crippen LogP) is 6.93. The van der Waals surface area contributed by atoms with Crippen LogP contribution in [0, 0.1) is 6.92 Å². The first-order valence-corrected chi connectivity index (χ1v) is 14.7. The third-order valence-electron chi connectivity index (χ3n) is 7.91. The number of nitrogens with zero attached hydrogens (tertiary/aromatic N) is 2. The van der Waals surface area contributed by atoms with Crippen molar-refractivity contribution in [2.45, 2.75) is 26.1 Å². The summed E-state index contributed by atoms with van der Waals surface area (Å²) in [5.41, 5.74) is 4.08. The Morgan fingerprint density at radius 3 is 2.09 bits per heavy atom. The summed E-state index contributed by atoms with van der Waals surface area (Å²) in [6, 6.07) is 27.2. The van der Waals surface area contributed by atoms with Gasteiger partial charge >= 0.3 is 6.18 Å². The Morgan fingerprint density at radius 2 is 1.48 bits per heavy atom. The lowest BCUT2D eigenvalue weighted by atomic mass is 9.94. The number of amides is 2. The van der Waals surface area contributed by atoms with Gasteiger partial charge in [-0.15, -0.1) is 0 Å². The number of piperazine rings is 1. The smallest absolute Gasteiger partial charge is 0.369 e. The molecule has 5 rings (SSSR count). The zero-order valence-corrected chi connectivity index (χ0v) is 24.7. The van der Waals surface area contributed by atoms with Crippen LogP contribution in [0.1, 0.15) is 40.0 Å². The Balaban J connectivity index is 1.25. The van der Waals surface area contributed by atoms with Gasteiger partial charge in [0.1, 0.15) is 6.04 Å². The van der Waals surface area contributed by atoms with Crippen molar-refractivity contribution in [2.75, 3.05) is 42.9 Å². The van der Waals surface area contributed by atoms with E-state index in [1.807, 2.05) is 61.5 Å². The second-order valence-electron chi connectivity index (χ2n) is 10.8. The van der Waals surface area contributed by atoms with Gasteiger partial charge in [-0.2, -0.15) is 13.2 Å². The molecule has 9 heteroatoms. The highest BCUT2D eigenvalue weighted by Crippen LogP contribution is 2.33. The maximum Gasteiger partial charge on any atom is 0.416 e. The number of benzene rings is 4. The molecule has 1 fully saturated rings. The fourth-order valence-corrected chi connectivity index (χ4v) is 5.67. The number of nitrogens with one attached hydrogen (secondary N) is 2. The molecule has 4 aromatic rings. The number of halogens is 3. The SMILES string of the molecule is CCNC(=O)C(c1ccccc1)N1CCN(c2ccc(NC(=O)c3c(C)cccc3-c3ccc(C(F)(F)F)cc3)cc2)CC1. The fourth-order valence-electron chi connectivity index (χ4n) is 5.67. The summed E-state index contributed by atoms with van der Waals surface area (Å²) >= 11 is 0. The predicted molar refractivity (Wildman–Crippen MR) is 168 cm³/mol. The van der Waals surface area contributed by atoms with Crippen LogP contribution in [0.2, 0.25) is 0 Å². The van der Waals surface area contributed by atoms with Crippen molar-refractivity contribution in [2.24, 2.45) is 0 Å². The van der Waals surface area contributed by atoms with Crippen LogP contribution in [0.4, 0.5) is 24.5 Å². The topological polar surface area (TPSA) is 64.7 Å². The molecule has 0 saturated carbocycles. The Bertz CT molecular complexity index is 1580. The van der Waals surface area contributed by atoms with Gasteiger partial charge in [0.2, 0.25) is 5.91 Å². The molecule has 0 spiro atoms. The number of alkyl halides is 3. The van der Waals surface area contributed by atoms with Gasteiger partial charge in [0, 0.05) is 44.1 Å². The minimum Gasteiger partial charge on any atom is -0.369 e. The molecule has 0 aromatic heterocycles. The standard InChI is InChI=1S/C35H35F3N4O2/c1-3-39-34(44)32(26-9-5-4-6-10-26)42-22-20-41(21-23-42)29-18-16-28(17-19-29)40-33(43)31-24(2)8-7-11-30(31)25-12-14-27(15-13-25)35(36,37)38/h4-19,32H,3,20-23H2,1-2H3,(H,39,44)(H,40,43). The number of carbonyl (C=O) groups is 2. The van der Waals surface area contributed by atoms with Crippen molar-refractivity contribution in [3.05, 3.63) is 119 Å². The molecular weight excluding hydrogens is 565 g/mol. The van der Waals surface area contributed by atoms with Crippen LogP contribution in [0.3, 0.4) is 0 Å². The maximum atomic E-state index is 13.4. The van der Waals surface area contributed by atoms with Gasteiger partial charge in [-0.1, -0.05) is 60.7 Å². The van der Waals surface area contributed by atoms with E-state index in [0.717, 1.165) is 55.1 Å². The second-order valence-corrected chi connectivity index (χ2v) is 10.8. The van der Waals surface area contributed by atoms with E-state index in [1.54, 1.807) is 25.1 Å². The molecule has 44 heavy (non-hydrogen) atoms. The number of hydrogen-bond acceptors (Lipinski definition) is 4. The largest absolute Gasteiger partial charge is 0.416 e. The van der Waals surface area contributed by atoms with E-state index >= 15 is 0 Å². The molecule has 1 atom stereocenters. The van der Waals surface area contributed by atoms with Crippen molar-refractivity contribution in [3.8, 4) is 11.1 Å². The lowest BCUT2D eigenvalue weighted by Gasteiger charge is -2.39.